The lowest BCUT2D eigenvalue weighted by Gasteiger charge is -2.10. The Morgan fingerprint density at radius 3 is 2.00 bits per heavy atom. The van der Waals surface area contributed by atoms with E-state index in [-0.39, 0.29) is 18.9 Å². The molecule has 2 aromatic carbocycles. The molecule has 4 N–H and O–H groups in total. The zero-order chi connectivity index (χ0) is 23.9. The molecule has 0 aliphatic rings. The number of amides is 3. The van der Waals surface area contributed by atoms with Crippen molar-refractivity contribution in [1.82, 2.24) is 16.1 Å². The van der Waals surface area contributed by atoms with E-state index < -0.39 is 17.7 Å². The molecule has 7 nitrogen and oxygen atoms in total. The van der Waals surface area contributed by atoms with Crippen LogP contribution in [0.5, 0.6) is 0 Å². The molecule has 0 saturated heterocycles. The molecule has 0 saturated carbocycles. The summed E-state index contributed by atoms with van der Waals surface area (Å²) in [5, 5.41) is 13.5. The second kappa shape index (κ2) is 14.4. The lowest BCUT2D eigenvalue weighted by Crippen LogP contribution is -2.39. The van der Waals surface area contributed by atoms with Crippen LogP contribution < -0.4 is 16.1 Å². The number of rotatable bonds is 6. The first-order valence-corrected chi connectivity index (χ1v) is 10.3. The lowest BCUT2D eigenvalue weighted by atomic mass is 10.0. The van der Waals surface area contributed by atoms with Crippen LogP contribution in [-0.4, -0.2) is 36.5 Å². The maximum absolute atomic E-state index is 12.2. The van der Waals surface area contributed by atoms with Gasteiger partial charge in [0, 0.05) is 12.6 Å². The van der Waals surface area contributed by atoms with Crippen LogP contribution in [0.1, 0.15) is 32.8 Å². The van der Waals surface area contributed by atoms with Crippen LogP contribution >= 0.6 is 0 Å². The maximum Gasteiger partial charge on any atom is 0.245 e. The first kappa shape index (κ1) is 26.4. The molecule has 32 heavy (non-hydrogen) atoms. The molecule has 0 fully saturated rings. The fourth-order valence-electron chi connectivity index (χ4n) is 2.37. The summed E-state index contributed by atoms with van der Waals surface area (Å²) < 4.78 is 0. The number of hydroxylamine groups is 1. The van der Waals surface area contributed by atoms with Gasteiger partial charge in [-0.2, -0.15) is 0 Å². The smallest absolute Gasteiger partial charge is 0.245 e. The molecule has 2 aromatic rings. The number of hydrogen-bond acceptors (Lipinski definition) is 4. The van der Waals surface area contributed by atoms with E-state index in [0.29, 0.717) is 5.56 Å². The highest BCUT2D eigenvalue weighted by atomic mass is 16.5. The minimum Gasteiger partial charge on any atom is -0.358 e. The van der Waals surface area contributed by atoms with Crippen molar-refractivity contribution < 1.29 is 19.6 Å². The minimum atomic E-state index is -1.01. The van der Waals surface area contributed by atoms with Gasteiger partial charge in [-0.05, 0) is 29.2 Å². The van der Waals surface area contributed by atoms with Gasteiger partial charge < -0.3 is 10.6 Å². The van der Waals surface area contributed by atoms with Crippen LogP contribution in [0.25, 0.3) is 11.1 Å². The van der Waals surface area contributed by atoms with Gasteiger partial charge in [-0.25, -0.2) is 5.48 Å². The third-order valence-electron chi connectivity index (χ3n) is 3.92. The molecule has 2 rings (SSSR count). The topological polar surface area (TPSA) is 108 Å². The Kier molecular flexibility index (Phi) is 11.9. The monoisotopic (exact) mass is 437 g/mol. The van der Waals surface area contributed by atoms with E-state index in [2.05, 4.69) is 43.2 Å². The van der Waals surface area contributed by atoms with Gasteiger partial charge >= 0.3 is 0 Å². The molecule has 3 amide bonds. The Hall–Kier alpha value is -3.63. The van der Waals surface area contributed by atoms with Gasteiger partial charge in [0.25, 0.3) is 0 Å². The molecule has 0 bridgehead atoms. The summed E-state index contributed by atoms with van der Waals surface area (Å²) in [6, 6.07) is 17.3. The van der Waals surface area contributed by atoms with Crippen molar-refractivity contribution in [2.24, 2.45) is 11.8 Å². The highest BCUT2D eigenvalue weighted by Gasteiger charge is 2.20. The molecule has 0 spiro atoms. The van der Waals surface area contributed by atoms with Crippen molar-refractivity contribution in [2.45, 2.75) is 27.2 Å². The standard InChI is InChI=1S/C21H21N3O4.C4H10/c1-22-20(26)14-23-21(27)18(13-19(25)24-28)12-9-15-7-10-17(11-8-15)16-5-3-2-4-6-16;1-4(2)3/h2-8,10-11,18,28H,13-14H2,1H3,(H,22,26)(H,23,27)(H,24,25);4H,1-3H3. The third-order valence-corrected chi connectivity index (χ3v) is 3.92. The summed E-state index contributed by atoms with van der Waals surface area (Å²) in [5.74, 6) is 3.74. The first-order chi connectivity index (χ1) is 15.3. The zero-order valence-electron chi connectivity index (χ0n) is 18.9. The zero-order valence-corrected chi connectivity index (χ0v) is 18.9. The molecule has 0 aliphatic heterocycles. The van der Waals surface area contributed by atoms with Gasteiger partial charge in [0.2, 0.25) is 17.7 Å². The average Bonchev–Trinajstić information content (AvgIpc) is 2.80. The number of hydrogen-bond donors (Lipinski definition) is 4. The van der Waals surface area contributed by atoms with Gasteiger partial charge in [0.1, 0.15) is 5.92 Å². The van der Waals surface area contributed by atoms with Crippen molar-refractivity contribution in [1.29, 1.82) is 0 Å². The van der Waals surface area contributed by atoms with E-state index in [0.717, 1.165) is 17.0 Å². The number of carbonyl (C=O) groups excluding carboxylic acids is 3. The highest BCUT2D eigenvalue weighted by molar-refractivity contribution is 5.90. The molecule has 0 heterocycles. The van der Waals surface area contributed by atoms with E-state index in [1.165, 1.54) is 12.5 Å². The summed E-state index contributed by atoms with van der Waals surface area (Å²) in [6.45, 7) is 6.28. The molecule has 7 heteroatoms. The lowest BCUT2D eigenvalue weighted by molar-refractivity contribution is -0.133. The van der Waals surface area contributed by atoms with Crippen molar-refractivity contribution in [2.75, 3.05) is 13.6 Å². The molecule has 1 unspecified atom stereocenters. The summed E-state index contributed by atoms with van der Waals surface area (Å²) in [5.41, 5.74) is 4.27. The van der Waals surface area contributed by atoms with Crippen LogP contribution in [0.4, 0.5) is 0 Å². The molecular formula is C25H31N3O4. The fourth-order valence-corrected chi connectivity index (χ4v) is 2.37. The quantitative estimate of drug-likeness (QED) is 0.317. The largest absolute Gasteiger partial charge is 0.358 e. The average molecular weight is 438 g/mol. The van der Waals surface area contributed by atoms with Gasteiger partial charge in [-0.1, -0.05) is 75.1 Å². The SMILES string of the molecule is CC(C)C.CNC(=O)CNC(=O)C(C#Cc1ccc(-c2ccccc2)cc1)CC(=O)NO. The highest BCUT2D eigenvalue weighted by Crippen LogP contribution is 2.19. The Bertz CT molecular complexity index is 926. The van der Waals surface area contributed by atoms with Crippen LogP contribution in [-0.2, 0) is 14.4 Å². The second-order valence-electron chi connectivity index (χ2n) is 7.63. The van der Waals surface area contributed by atoms with Gasteiger partial charge in [-0.15, -0.1) is 0 Å². The normalized spacial score (nSPS) is 10.6. The maximum atomic E-state index is 12.2. The van der Waals surface area contributed by atoms with Gasteiger partial charge in [-0.3, -0.25) is 19.6 Å². The van der Waals surface area contributed by atoms with E-state index in [9.17, 15) is 14.4 Å². The van der Waals surface area contributed by atoms with Gasteiger partial charge in [0.05, 0.1) is 13.0 Å². The predicted octanol–water partition coefficient (Wildman–Crippen LogP) is 2.74. The predicted molar refractivity (Wildman–Crippen MR) is 124 cm³/mol. The molecule has 0 aromatic heterocycles. The summed E-state index contributed by atoms with van der Waals surface area (Å²) >= 11 is 0. The first-order valence-electron chi connectivity index (χ1n) is 10.3. The Labute approximate surface area is 189 Å². The van der Waals surface area contributed by atoms with E-state index in [1.807, 2.05) is 54.6 Å². The van der Waals surface area contributed by atoms with Crippen LogP contribution in [0, 0.1) is 23.7 Å². The summed E-state index contributed by atoms with van der Waals surface area (Å²) in [6.07, 6.45) is -0.328. The number of benzene rings is 2. The molecule has 0 radical (unpaired) electrons. The summed E-state index contributed by atoms with van der Waals surface area (Å²) in [7, 11) is 1.45. The van der Waals surface area contributed by atoms with Crippen LogP contribution in [0.15, 0.2) is 54.6 Å². The van der Waals surface area contributed by atoms with E-state index in [1.54, 1.807) is 0 Å². The van der Waals surface area contributed by atoms with E-state index >= 15 is 0 Å². The van der Waals surface area contributed by atoms with Crippen molar-refractivity contribution in [3.8, 4) is 23.0 Å². The molecule has 1 atom stereocenters. The molecular weight excluding hydrogens is 406 g/mol. The third kappa shape index (κ3) is 10.4. The minimum absolute atomic E-state index is 0.222. The Balaban J connectivity index is 0.00000118. The summed E-state index contributed by atoms with van der Waals surface area (Å²) in [4.78, 5) is 34.9. The molecule has 170 valence electrons. The van der Waals surface area contributed by atoms with Crippen molar-refractivity contribution in [3.63, 3.8) is 0 Å². The Morgan fingerprint density at radius 2 is 1.47 bits per heavy atom. The second-order valence-corrected chi connectivity index (χ2v) is 7.63. The number of nitrogens with one attached hydrogen (secondary N) is 3. The van der Waals surface area contributed by atoms with E-state index in [4.69, 9.17) is 5.21 Å². The van der Waals surface area contributed by atoms with Crippen molar-refractivity contribution in [3.05, 3.63) is 60.2 Å². The van der Waals surface area contributed by atoms with Crippen LogP contribution in [0.3, 0.4) is 0 Å². The fraction of sp³-hybridized carbons (Fsp3) is 0.320. The van der Waals surface area contributed by atoms with Crippen molar-refractivity contribution >= 4 is 17.7 Å². The number of carbonyl (C=O) groups is 3. The van der Waals surface area contributed by atoms with Crippen LogP contribution in [0.2, 0.25) is 0 Å². The molecule has 0 aliphatic carbocycles. The van der Waals surface area contributed by atoms with Gasteiger partial charge in [0.15, 0.2) is 0 Å². The Morgan fingerprint density at radius 1 is 0.906 bits per heavy atom. The number of likely N-dealkylation sites (N-methyl/N-ethyl adjacent to an activating group) is 1.